The molecule has 5 heteroatoms. The van der Waals surface area contributed by atoms with Crippen molar-refractivity contribution in [3.8, 4) is 0 Å². The normalized spacial score (nSPS) is 10.2. The lowest BCUT2D eigenvalue weighted by atomic mass is 9.97. The standard InChI is InChI=1S/C15H21ClN2O2/c1-5-12-8-7-10(3)13(6-2)15(12)18(14(20)9-16)17-11(4)19/h7-8H,5-6,9H2,1-4H3,(H,17,19). The molecular weight excluding hydrogens is 276 g/mol. The summed E-state index contributed by atoms with van der Waals surface area (Å²) in [4.78, 5) is 23.5. The monoisotopic (exact) mass is 296 g/mol. The topological polar surface area (TPSA) is 49.4 Å². The third kappa shape index (κ3) is 3.51. The van der Waals surface area contributed by atoms with Crippen molar-refractivity contribution in [2.75, 3.05) is 10.9 Å². The lowest BCUT2D eigenvalue weighted by molar-refractivity contribution is -0.123. The number of amides is 2. The number of halogens is 1. The minimum atomic E-state index is -0.336. The average Bonchev–Trinajstić information content (AvgIpc) is 2.43. The van der Waals surface area contributed by atoms with E-state index in [4.69, 9.17) is 11.6 Å². The third-order valence-electron chi connectivity index (χ3n) is 3.19. The average molecular weight is 297 g/mol. The maximum absolute atomic E-state index is 12.1. The zero-order chi connectivity index (χ0) is 15.3. The van der Waals surface area contributed by atoms with E-state index in [0.717, 1.165) is 35.2 Å². The molecule has 0 spiro atoms. The van der Waals surface area contributed by atoms with Crippen molar-refractivity contribution in [3.63, 3.8) is 0 Å². The van der Waals surface area contributed by atoms with Crippen LogP contribution in [-0.2, 0) is 22.4 Å². The Kier molecular flexibility index (Phi) is 6.02. The van der Waals surface area contributed by atoms with Gasteiger partial charge in [0.1, 0.15) is 5.88 Å². The molecular formula is C15H21ClN2O2. The van der Waals surface area contributed by atoms with Gasteiger partial charge in [-0.15, -0.1) is 11.6 Å². The molecule has 0 saturated heterocycles. The second kappa shape index (κ2) is 7.29. The van der Waals surface area contributed by atoms with Crippen molar-refractivity contribution in [3.05, 3.63) is 28.8 Å². The van der Waals surface area contributed by atoms with Crippen LogP contribution in [0.25, 0.3) is 0 Å². The maximum Gasteiger partial charge on any atom is 0.260 e. The van der Waals surface area contributed by atoms with E-state index in [1.807, 2.05) is 32.9 Å². The van der Waals surface area contributed by atoms with Crippen molar-refractivity contribution in [1.29, 1.82) is 0 Å². The molecule has 1 rings (SSSR count). The molecule has 0 aliphatic carbocycles. The first-order valence-electron chi connectivity index (χ1n) is 6.73. The van der Waals surface area contributed by atoms with E-state index in [1.54, 1.807) is 0 Å². The second-order valence-electron chi connectivity index (χ2n) is 4.61. The van der Waals surface area contributed by atoms with Gasteiger partial charge >= 0.3 is 0 Å². The Hall–Kier alpha value is -1.55. The molecule has 0 aliphatic heterocycles. The van der Waals surface area contributed by atoms with Gasteiger partial charge in [-0.25, -0.2) is 5.01 Å². The van der Waals surface area contributed by atoms with Gasteiger partial charge in [-0.05, 0) is 36.5 Å². The quantitative estimate of drug-likeness (QED) is 0.686. The Balaban J connectivity index is 3.47. The van der Waals surface area contributed by atoms with Crippen LogP contribution < -0.4 is 10.4 Å². The molecule has 0 aliphatic rings. The van der Waals surface area contributed by atoms with Crippen molar-refractivity contribution < 1.29 is 9.59 Å². The molecule has 1 aromatic carbocycles. The minimum Gasteiger partial charge on any atom is -0.274 e. The van der Waals surface area contributed by atoms with Gasteiger partial charge in [-0.2, -0.15) is 0 Å². The van der Waals surface area contributed by atoms with E-state index >= 15 is 0 Å². The Labute approximate surface area is 125 Å². The SMILES string of the molecule is CCc1ccc(C)c(CC)c1N(NC(C)=O)C(=O)CCl. The molecule has 4 nitrogen and oxygen atoms in total. The summed E-state index contributed by atoms with van der Waals surface area (Å²) in [5.41, 5.74) is 6.50. The first-order valence-corrected chi connectivity index (χ1v) is 7.27. The van der Waals surface area contributed by atoms with Gasteiger partial charge < -0.3 is 0 Å². The number of aryl methyl sites for hydroxylation is 2. The zero-order valence-electron chi connectivity index (χ0n) is 12.4. The van der Waals surface area contributed by atoms with Crippen molar-refractivity contribution >= 4 is 29.1 Å². The van der Waals surface area contributed by atoms with Crippen LogP contribution in [0.15, 0.2) is 12.1 Å². The number of rotatable bonds is 4. The highest BCUT2D eigenvalue weighted by molar-refractivity contribution is 6.29. The van der Waals surface area contributed by atoms with E-state index in [2.05, 4.69) is 5.43 Å². The number of carbonyl (C=O) groups excluding carboxylic acids is 2. The molecule has 0 atom stereocenters. The number of alkyl halides is 1. The van der Waals surface area contributed by atoms with Crippen LogP contribution in [0.4, 0.5) is 5.69 Å². The molecule has 2 amide bonds. The van der Waals surface area contributed by atoms with Gasteiger partial charge in [0.25, 0.3) is 5.91 Å². The highest BCUT2D eigenvalue weighted by Gasteiger charge is 2.22. The molecule has 1 N–H and O–H groups in total. The predicted molar refractivity (Wildman–Crippen MR) is 82.0 cm³/mol. The molecule has 0 aromatic heterocycles. The highest BCUT2D eigenvalue weighted by Crippen LogP contribution is 2.29. The Morgan fingerprint density at radius 2 is 1.90 bits per heavy atom. The van der Waals surface area contributed by atoms with Crippen LogP contribution in [0.1, 0.15) is 37.5 Å². The molecule has 0 fully saturated rings. The van der Waals surface area contributed by atoms with Crippen LogP contribution in [0, 0.1) is 6.92 Å². The Morgan fingerprint density at radius 3 is 2.35 bits per heavy atom. The van der Waals surface area contributed by atoms with E-state index in [1.165, 1.54) is 11.9 Å². The van der Waals surface area contributed by atoms with Gasteiger partial charge in [-0.1, -0.05) is 26.0 Å². The van der Waals surface area contributed by atoms with Crippen molar-refractivity contribution in [2.45, 2.75) is 40.5 Å². The third-order valence-corrected chi connectivity index (χ3v) is 3.42. The predicted octanol–water partition coefficient (Wildman–Crippen LogP) is 2.74. The van der Waals surface area contributed by atoms with Crippen LogP contribution >= 0.6 is 11.6 Å². The van der Waals surface area contributed by atoms with Crippen LogP contribution in [0.2, 0.25) is 0 Å². The summed E-state index contributed by atoms with van der Waals surface area (Å²) in [5.74, 6) is -0.813. The lowest BCUT2D eigenvalue weighted by Gasteiger charge is -2.27. The largest absolute Gasteiger partial charge is 0.274 e. The fourth-order valence-corrected chi connectivity index (χ4v) is 2.38. The zero-order valence-corrected chi connectivity index (χ0v) is 13.2. The van der Waals surface area contributed by atoms with Crippen molar-refractivity contribution in [2.24, 2.45) is 0 Å². The Bertz CT molecular complexity index is 515. The number of nitrogens with zero attached hydrogens (tertiary/aromatic N) is 1. The van der Waals surface area contributed by atoms with Crippen LogP contribution in [-0.4, -0.2) is 17.7 Å². The summed E-state index contributed by atoms with van der Waals surface area (Å²) >= 11 is 5.67. The van der Waals surface area contributed by atoms with E-state index < -0.39 is 0 Å². The lowest BCUT2D eigenvalue weighted by Crippen LogP contribution is -2.47. The number of carbonyl (C=O) groups is 2. The van der Waals surface area contributed by atoms with Gasteiger partial charge in [0.15, 0.2) is 0 Å². The molecule has 0 saturated carbocycles. The fraction of sp³-hybridized carbons (Fsp3) is 0.467. The molecule has 0 heterocycles. The summed E-state index contributed by atoms with van der Waals surface area (Å²) in [7, 11) is 0. The molecule has 110 valence electrons. The highest BCUT2D eigenvalue weighted by atomic mass is 35.5. The van der Waals surface area contributed by atoms with Crippen LogP contribution in [0.3, 0.4) is 0 Å². The van der Waals surface area contributed by atoms with E-state index in [-0.39, 0.29) is 17.7 Å². The summed E-state index contributed by atoms with van der Waals surface area (Å²) in [6, 6.07) is 4.03. The second-order valence-corrected chi connectivity index (χ2v) is 4.87. The van der Waals surface area contributed by atoms with Gasteiger partial charge in [0, 0.05) is 6.92 Å². The number of benzene rings is 1. The fourth-order valence-electron chi connectivity index (χ4n) is 2.26. The molecule has 1 aromatic rings. The van der Waals surface area contributed by atoms with Crippen molar-refractivity contribution in [1.82, 2.24) is 5.43 Å². The maximum atomic E-state index is 12.1. The first-order chi connectivity index (χ1) is 9.46. The van der Waals surface area contributed by atoms with E-state index in [9.17, 15) is 9.59 Å². The molecule has 0 bridgehead atoms. The summed E-state index contributed by atoms with van der Waals surface area (Å²) in [6.45, 7) is 7.42. The summed E-state index contributed by atoms with van der Waals surface area (Å²) in [6.07, 6.45) is 1.55. The van der Waals surface area contributed by atoms with Gasteiger partial charge in [0.2, 0.25) is 5.91 Å². The Morgan fingerprint density at radius 1 is 1.25 bits per heavy atom. The summed E-state index contributed by atoms with van der Waals surface area (Å²) < 4.78 is 0. The smallest absolute Gasteiger partial charge is 0.260 e. The molecule has 20 heavy (non-hydrogen) atoms. The summed E-state index contributed by atoms with van der Waals surface area (Å²) in [5, 5.41) is 1.29. The van der Waals surface area contributed by atoms with Gasteiger partial charge in [-0.3, -0.25) is 15.0 Å². The number of nitrogens with one attached hydrogen (secondary N) is 1. The molecule has 0 unspecified atom stereocenters. The number of hydrogen-bond acceptors (Lipinski definition) is 2. The van der Waals surface area contributed by atoms with E-state index in [0.29, 0.717) is 0 Å². The first kappa shape index (κ1) is 16.5. The number of hydrazine groups is 1. The molecule has 0 radical (unpaired) electrons. The minimum absolute atomic E-state index is 0.180. The van der Waals surface area contributed by atoms with Gasteiger partial charge in [0.05, 0.1) is 5.69 Å². The number of hydrogen-bond donors (Lipinski definition) is 1. The number of anilines is 1. The van der Waals surface area contributed by atoms with Crippen LogP contribution in [0.5, 0.6) is 0 Å².